The molecule has 0 aliphatic carbocycles. The molecule has 0 saturated carbocycles. The second-order valence-electron chi connectivity index (χ2n) is 18.2. The average Bonchev–Trinajstić information content (AvgIpc) is 4.12. The minimum absolute atomic E-state index is 0.636. The van der Waals surface area contributed by atoms with E-state index < -0.39 is 0 Å². The quantitative estimate of drug-likeness (QED) is 0.167. The third kappa shape index (κ3) is 6.27. The summed E-state index contributed by atoms with van der Waals surface area (Å²) in [6.45, 7) is 0. The monoisotopic (exact) mass is 922 g/mol. The highest BCUT2D eigenvalue weighted by atomic mass is 32.1. The van der Waals surface area contributed by atoms with E-state index in [-0.39, 0.29) is 0 Å². The van der Waals surface area contributed by atoms with E-state index in [1.165, 1.54) is 27.1 Å². The van der Waals surface area contributed by atoms with E-state index >= 15 is 0 Å². The first kappa shape index (κ1) is 39.7. The van der Waals surface area contributed by atoms with Crippen LogP contribution in [0.3, 0.4) is 0 Å². The molecule has 330 valence electrons. The molecular formula is C64H38N6S. The molecule has 0 amide bonds. The number of aromatic nitrogens is 6. The van der Waals surface area contributed by atoms with Gasteiger partial charge in [0.2, 0.25) is 11.9 Å². The van der Waals surface area contributed by atoms with Gasteiger partial charge in [-0.15, -0.1) is 11.3 Å². The van der Waals surface area contributed by atoms with Crippen molar-refractivity contribution in [1.82, 2.24) is 29.1 Å². The van der Waals surface area contributed by atoms with Crippen LogP contribution < -0.4 is 0 Å². The summed E-state index contributed by atoms with van der Waals surface area (Å²) in [6, 6.07) is 82.1. The normalized spacial score (nSPS) is 11.9. The Morgan fingerprint density at radius 2 is 0.845 bits per heavy atom. The topological polar surface area (TPSA) is 61.4 Å². The second kappa shape index (κ2) is 15.6. The largest absolute Gasteiger partial charge is 0.278 e. The molecule has 15 rings (SSSR count). The van der Waals surface area contributed by atoms with Crippen LogP contribution in [0.2, 0.25) is 0 Å². The summed E-state index contributed by atoms with van der Waals surface area (Å²) in [5.41, 5.74) is 13.3. The Kier molecular flexibility index (Phi) is 8.73. The van der Waals surface area contributed by atoms with Crippen LogP contribution in [0, 0.1) is 0 Å². The molecule has 0 saturated heterocycles. The summed E-state index contributed by atoms with van der Waals surface area (Å²) in [7, 11) is 0. The molecule has 0 unspecified atom stereocenters. The third-order valence-corrected chi connectivity index (χ3v) is 15.3. The van der Waals surface area contributed by atoms with Crippen LogP contribution in [0.1, 0.15) is 0 Å². The molecular weight excluding hydrogens is 885 g/mol. The Hall–Kier alpha value is -9.30. The summed E-state index contributed by atoms with van der Waals surface area (Å²) >= 11 is 1.74. The highest BCUT2D eigenvalue weighted by Crippen LogP contribution is 2.43. The predicted octanol–water partition coefficient (Wildman–Crippen LogP) is 16.8. The molecule has 0 aliphatic heterocycles. The molecule has 0 spiro atoms. The fourth-order valence-corrected chi connectivity index (χ4v) is 11.9. The van der Waals surface area contributed by atoms with Gasteiger partial charge in [-0.2, -0.15) is 0 Å². The van der Waals surface area contributed by atoms with Crippen LogP contribution in [0.25, 0.3) is 142 Å². The average molecular weight is 923 g/mol. The molecule has 0 radical (unpaired) electrons. The van der Waals surface area contributed by atoms with Gasteiger partial charge in [0.1, 0.15) is 0 Å². The van der Waals surface area contributed by atoms with E-state index in [0.717, 1.165) is 103 Å². The molecule has 0 bridgehead atoms. The lowest BCUT2D eigenvalue weighted by Crippen LogP contribution is -2.03. The summed E-state index contributed by atoms with van der Waals surface area (Å²) in [4.78, 5) is 22.8. The number of hydrogen-bond donors (Lipinski definition) is 0. The maximum absolute atomic E-state index is 5.53. The number of benzene rings is 10. The van der Waals surface area contributed by atoms with Gasteiger partial charge in [-0.25, -0.2) is 19.9 Å². The van der Waals surface area contributed by atoms with E-state index in [2.05, 4.69) is 234 Å². The number of thiophene rings is 1. The molecule has 0 N–H and O–H groups in total. The van der Waals surface area contributed by atoms with Gasteiger partial charge in [-0.3, -0.25) is 9.13 Å². The third-order valence-electron chi connectivity index (χ3n) is 14.1. The van der Waals surface area contributed by atoms with Crippen molar-refractivity contribution in [2.24, 2.45) is 0 Å². The van der Waals surface area contributed by atoms with Crippen molar-refractivity contribution in [3.05, 3.63) is 231 Å². The van der Waals surface area contributed by atoms with E-state index in [1.54, 1.807) is 11.3 Å². The lowest BCUT2D eigenvalue weighted by Gasteiger charge is -2.12. The standard InChI is InChI=1S/C64H38N6S/c1-4-17-40(18-5-1)58-38-53-62(71-58)61(42-21-8-3-9-22-42)68-64(66-53)70-55-33-29-39-16-12-13-25-47(39)59(55)49-31-28-46(37-56(49)70)45-30-32-54-50(35-45)51-34-43-23-10-11-24-44(43)36-57(51)69(54)63-65-52-27-15-14-26-48(52)60(67-63)41-19-6-2-7-20-41/h1-38H. The van der Waals surface area contributed by atoms with Gasteiger partial charge in [0.05, 0.1) is 49.2 Å². The number of rotatable bonds is 6. The zero-order chi connectivity index (χ0) is 46.6. The highest BCUT2D eigenvalue weighted by Gasteiger charge is 2.23. The van der Waals surface area contributed by atoms with Crippen molar-refractivity contribution in [2.45, 2.75) is 0 Å². The number of fused-ring (bicyclic) bond motifs is 11. The lowest BCUT2D eigenvalue weighted by molar-refractivity contribution is 1.01. The Labute approximate surface area is 411 Å². The Bertz CT molecular complexity index is 4630. The molecule has 6 nitrogen and oxygen atoms in total. The Morgan fingerprint density at radius 1 is 0.296 bits per heavy atom. The molecule has 0 fully saturated rings. The maximum Gasteiger partial charge on any atom is 0.235 e. The molecule has 0 atom stereocenters. The lowest BCUT2D eigenvalue weighted by atomic mass is 9.99. The second-order valence-corrected chi connectivity index (χ2v) is 19.3. The van der Waals surface area contributed by atoms with Gasteiger partial charge in [-0.1, -0.05) is 182 Å². The van der Waals surface area contributed by atoms with Crippen molar-refractivity contribution in [3.63, 3.8) is 0 Å². The van der Waals surface area contributed by atoms with Crippen LogP contribution in [0.5, 0.6) is 0 Å². The molecule has 15 aromatic rings. The first-order chi connectivity index (χ1) is 35.2. The van der Waals surface area contributed by atoms with Crippen LogP contribution in [0.15, 0.2) is 231 Å². The van der Waals surface area contributed by atoms with Gasteiger partial charge in [0, 0.05) is 42.9 Å². The first-order valence-corrected chi connectivity index (χ1v) is 24.7. The molecule has 71 heavy (non-hydrogen) atoms. The van der Waals surface area contributed by atoms with Crippen molar-refractivity contribution in [1.29, 1.82) is 0 Å². The predicted molar refractivity (Wildman–Crippen MR) is 296 cm³/mol. The zero-order valence-electron chi connectivity index (χ0n) is 38.0. The molecule has 10 aromatic carbocycles. The number of hydrogen-bond acceptors (Lipinski definition) is 5. The fraction of sp³-hybridized carbons (Fsp3) is 0. The summed E-state index contributed by atoms with van der Waals surface area (Å²) in [6.07, 6.45) is 0. The number of para-hydroxylation sites is 1. The molecule has 5 aromatic heterocycles. The maximum atomic E-state index is 5.53. The van der Waals surface area contributed by atoms with Gasteiger partial charge in [0.15, 0.2) is 0 Å². The van der Waals surface area contributed by atoms with E-state index in [1.807, 2.05) is 6.07 Å². The first-order valence-electron chi connectivity index (χ1n) is 23.9. The van der Waals surface area contributed by atoms with E-state index in [9.17, 15) is 0 Å². The minimum Gasteiger partial charge on any atom is -0.278 e. The van der Waals surface area contributed by atoms with E-state index in [4.69, 9.17) is 19.9 Å². The van der Waals surface area contributed by atoms with Crippen molar-refractivity contribution in [2.75, 3.05) is 0 Å². The van der Waals surface area contributed by atoms with Gasteiger partial charge >= 0.3 is 0 Å². The van der Waals surface area contributed by atoms with Gasteiger partial charge in [0.25, 0.3) is 0 Å². The van der Waals surface area contributed by atoms with Crippen LogP contribution in [-0.4, -0.2) is 29.1 Å². The van der Waals surface area contributed by atoms with Gasteiger partial charge in [-0.05, 0) is 86.8 Å². The molecule has 0 aliphatic rings. The van der Waals surface area contributed by atoms with Crippen LogP contribution in [-0.2, 0) is 0 Å². The Balaban J connectivity index is 0.976. The molecule has 5 heterocycles. The number of nitrogens with zero attached hydrogens (tertiary/aromatic N) is 6. The smallest absolute Gasteiger partial charge is 0.235 e. The van der Waals surface area contributed by atoms with Crippen LogP contribution in [0.4, 0.5) is 0 Å². The summed E-state index contributed by atoms with van der Waals surface area (Å²) in [5, 5.41) is 10.3. The SMILES string of the molecule is c1ccc(-c2cc3nc(-n4c5cc(-c6ccc7c(c6)c6cc8ccccc8cc6n7-c6nc(-c7ccccc7)c7ccccc7n6)ccc5c5c6ccccc6ccc54)nc(-c4ccccc4)c3s2)cc1. The van der Waals surface area contributed by atoms with E-state index in [0.29, 0.717) is 11.9 Å². The summed E-state index contributed by atoms with van der Waals surface area (Å²) < 4.78 is 5.60. The minimum atomic E-state index is 0.636. The fourth-order valence-electron chi connectivity index (χ4n) is 10.8. The summed E-state index contributed by atoms with van der Waals surface area (Å²) in [5.74, 6) is 1.27. The van der Waals surface area contributed by atoms with Crippen molar-refractivity contribution in [3.8, 4) is 56.0 Å². The molecule has 7 heteroatoms. The Morgan fingerprint density at radius 3 is 1.62 bits per heavy atom. The van der Waals surface area contributed by atoms with Gasteiger partial charge < -0.3 is 0 Å². The zero-order valence-corrected chi connectivity index (χ0v) is 38.8. The van der Waals surface area contributed by atoms with Crippen molar-refractivity contribution < 1.29 is 0 Å². The van der Waals surface area contributed by atoms with Crippen LogP contribution >= 0.6 is 11.3 Å². The van der Waals surface area contributed by atoms with Crippen molar-refractivity contribution >= 4 is 97.6 Å². The highest BCUT2D eigenvalue weighted by molar-refractivity contribution is 7.22.